The average Bonchev–Trinajstić information content (AvgIpc) is 2.48. The highest BCUT2D eigenvalue weighted by Gasteiger charge is 2.25. The number of piperidine rings is 1. The second-order valence-corrected chi connectivity index (χ2v) is 5.22. The van der Waals surface area contributed by atoms with E-state index in [9.17, 15) is 9.90 Å². The van der Waals surface area contributed by atoms with Crippen LogP contribution in [0.5, 0.6) is 5.75 Å². The molecule has 1 fully saturated rings. The van der Waals surface area contributed by atoms with Crippen molar-refractivity contribution in [2.45, 2.75) is 19.4 Å². The van der Waals surface area contributed by atoms with Crippen LogP contribution in [0.4, 0.5) is 0 Å². The first kappa shape index (κ1) is 14.6. The Morgan fingerprint density at radius 1 is 1.40 bits per heavy atom. The van der Waals surface area contributed by atoms with E-state index < -0.39 is 0 Å². The maximum atomic E-state index is 12.1. The number of aliphatic hydroxyl groups is 1. The molecule has 0 saturated carbocycles. The number of carbonyl (C=O) groups is 1. The fraction of sp³-hybridized carbons (Fsp3) is 0.438. The molecule has 2 rings (SSSR count). The van der Waals surface area contributed by atoms with Crippen molar-refractivity contribution in [2.24, 2.45) is 5.92 Å². The molecule has 108 valence electrons. The van der Waals surface area contributed by atoms with Crippen LogP contribution >= 0.6 is 0 Å². The van der Waals surface area contributed by atoms with E-state index in [0.29, 0.717) is 19.5 Å². The van der Waals surface area contributed by atoms with Gasteiger partial charge in [-0.15, -0.1) is 0 Å². The third kappa shape index (κ3) is 3.61. The Kier molecular flexibility index (Phi) is 4.79. The van der Waals surface area contributed by atoms with Gasteiger partial charge in [0, 0.05) is 19.2 Å². The van der Waals surface area contributed by atoms with Crippen LogP contribution in [0, 0.1) is 5.92 Å². The highest BCUT2D eigenvalue weighted by molar-refractivity contribution is 5.91. The van der Waals surface area contributed by atoms with Gasteiger partial charge in [-0.2, -0.15) is 0 Å². The van der Waals surface area contributed by atoms with Crippen molar-refractivity contribution in [2.75, 3.05) is 20.2 Å². The number of likely N-dealkylation sites (tertiary alicyclic amines) is 1. The van der Waals surface area contributed by atoms with Crippen LogP contribution in [0.15, 0.2) is 30.3 Å². The minimum absolute atomic E-state index is 0.000400. The van der Waals surface area contributed by atoms with E-state index in [2.05, 4.69) is 0 Å². The molecule has 2 atom stereocenters. The molecule has 1 amide bonds. The van der Waals surface area contributed by atoms with Gasteiger partial charge in [0.25, 0.3) is 0 Å². The van der Waals surface area contributed by atoms with E-state index in [0.717, 1.165) is 11.3 Å². The number of methoxy groups -OCH3 is 1. The van der Waals surface area contributed by atoms with Gasteiger partial charge in [-0.05, 0) is 36.1 Å². The summed E-state index contributed by atoms with van der Waals surface area (Å²) in [6.07, 6.45) is 3.76. The number of hydrogen-bond acceptors (Lipinski definition) is 3. The molecule has 0 aromatic heterocycles. The second kappa shape index (κ2) is 6.57. The summed E-state index contributed by atoms with van der Waals surface area (Å²) in [6.45, 7) is 3.21. The molecular weight excluding hydrogens is 254 g/mol. The molecule has 1 heterocycles. The van der Waals surface area contributed by atoms with Crippen molar-refractivity contribution in [1.29, 1.82) is 0 Å². The third-order valence-corrected chi connectivity index (χ3v) is 3.71. The lowest BCUT2D eigenvalue weighted by molar-refractivity contribution is -0.129. The molecule has 1 aromatic carbocycles. The Labute approximate surface area is 119 Å². The molecule has 0 bridgehead atoms. The molecule has 0 aliphatic carbocycles. The van der Waals surface area contributed by atoms with E-state index >= 15 is 0 Å². The van der Waals surface area contributed by atoms with E-state index in [-0.39, 0.29) is 17.9 Å². The number of ether oxygens (including phenoxy) is 1. The number of aliphatic hydroxyl groups excluding tert-OH is 1. The van der Waals surface area contributed by atoms with Gasteiger partial charge < -0.3 is 14.7 Å². The molecule has 20 heavy (non-hydrogen) atoms. The van der Waals surface area contributed by atoms with Crippen molar-refractivity contribution in [3.8, 4) is 5.75 Å². The third-order valence-electron chi connectivity index (χ3n) is 3.71. The molecule has 1 aliphatic heterocycles. The highest BCUT2D eigenvalue weighted by Crippen LogP contribution is 2.17. The SMILES string of the molecule is COc1ccc(/C=C/C(=O)N2CCC(O)C(C)C2)cc1. The molecule has 0 spiro atoms. The summed E-state index contributed by atoms with van der Waals surface area (Å²) >= 11 is 0. The van der Waals surface area contributed by atoms with Crippen LogP contribution < -0.4 is 4.74 Å². The number of amides is 1. The maximum absolute atomic E-state index is 12.1. The van der Waals surface area contributed by atoms with Crippen molar-refractivity contribution in [3.05, 3.63) is 35.9 Å². The zero-order valence-electron chi connectivity index (χ0n) is 12.0. The first-order valence-corrected chi connectivity index (χ1v) is 6.89. The minimum atomic E-state index is -0.287. The second-order valence-electron chi connectivity index (χ2n) is 5.22. The Hall–Kier alpha value is -1.81. The lowest BCUT2D eigenvalue weighted by Gasteiger charge is -2.33. The van der Waals surface area contributed by atoms with E-state index in [4.69, 9.17) is 4.74 Å². The maximum Gasteiger partial charge on any atom is 0.246 e. The minimum Gasteiger partial charge on any atom is -0.497 e. The Morgan fingerprint density at radius 3 is 2.70 bits per heavy atom. The zero-order valence-corrected chi connectivity index (χ0v) is 12.0. The first-order chi connectivity index (χ1) is 9.60. The van der Waals surface area contributed by atoms with Crippen molar-refractivity contribution >= 4 is 12.0 Å². The summed E-state index contributed by atoms with van der Waals surface area (Å²) in [7, 11) is 1.63. The quantitative estimate of drug-likeness (QED) is 0.858. The lowest BCUT2D eigenvalue weighted by Crippen LogP contribution is -2.44. The van der Waals surface area contributed by atoms with Gasteiger partial charge in [0.15, 0.2) is 0 Å². The molecule has 1 N–H and O–H groups in total. The normalized spacial score (nSPS) is 23.1. The Bertz CT molecular complexity index is 481. The van der Waals surface area contributed by atoms with Crippen LogP contribution in [0.2, 0.25) is 0 Å². The summed E-state index contributed by atoms with van der Waals surface area (Å²) < 4.78 is 5.09. The van der Waals surface area contributed by atoms with Gasteiger partial charge in [-0.3, -0.25) is 4.79 Å². The van der Waals surface area contributed by atoms with E-state index in [1.165, 1.54) is 0 Å². The molecule has 1 aromatic rings. The number of carbonyl (C=O) groups excluding carboxylic acids is 1. The van der Waals surface area contributed by atoms with Gasteiger partial charge in [-0.1, -0.05) is 19.1 Å². The number of hydrogen-bond donors (Lipinski definition) is 1. The smallest absolute Gasteiger partial charge is 0.246 e. The summed E-state index contributed by atoms with van der Waals surface area (Å²) in [5.41, 5.74) is 0.962. The fourth-order valence-electron chi connectivity index (χ4n) is 2.32. The van der Waals surface area contributed by atoms with Gasteiger partial charge >= 0.3 is 0 Å². The summed E-state index contributed by atoms with van der Waals surface area (Å²) in [4.78, 5) is 13.9. The molecule has 1 saturated heterocycles. The molecule has 4 nitrogen and oxygen atoms in total. The van der Waals surface area contributed by atoms with Gasteiger partial charge in [0.05, 0.1) is 13.2 Å². The first-order valence-electron chi connectivity index (χ1n) is 6.89. The monoisotopic (exact) mass is 275 g/mol. The van der Waals surface area contributed by atoms with E-state index in [1.807, 2.05) is 31.2 Å². The van der Waals surface area contributed by atoms with Crippen LogP contribution in [-0.4, -0.2) is 42.2 Å². The molecule has 1 aliphatic rings. The number of benzene rings is 1. The molecule has 4 heteroatoms. The van der Waals surface area contributed by atoms with Crippen molar-refractivity contribution < 1.29 is 14.6 Å². The fourth-order valence-corrected chi connectivity index (χ4v) is 2.32. The molecule has 2 unspecified atom stereocenters. The highest BCUT2D eigenvalue weighted by atomic mass is 16.5. The zero-order chi connectivity index (χ0) is 14.5. The summed E-state index contributed by atoms with van der Waals surface area (Å²) in [5, 5.41) is 9.67. The van der Waals surface area contributed by atoms with Crippen LogP contribution in [0.25, 0.3) is 6.08 Å². The number of rotatable bonds is 3. The predicted octanol–water partition coefficient (Wildman–Crippen LogP) is 1.94. The van der Waals surface area contributed by atoms with Crippen LogP contribution in [0.3, 0.4) is 0 Å². The largest absolute Gasteiger partial charge is 0.497 e. The van der Waals surface area contributed by atoms with Crippen molar-refractivity contribution in [3.63, 3.8) is 0 Å². The van der Waals surface area contributed by atoms with E-state index in [1.54, 1.807) is 24.2 Å². The molecular formula is C16H21NO3. The van der Waals surface area contributed by atoms with Gasteiger partial charge in [0.1, 0.15) is 5.75 Å². The number of nitrogens with zero attached hydrogens (tertiary/aromatic N) is 1. The van der Waals surface area contributed by atoms with Crippen molar-refractivity contribution in [1.82, 2.24) is 4.90 Å². The van der Waals surface area contributed by atoms with Crippen LogP contribution in [0.1, 0.15) is 18.9 Å². The topological polar surface area (TPSA) is 49.8 Å². The summed E-state index contributed by atoms with van der Waals surface area (Å²) in [6, 6.07) is 7.54. The average molecular weight is 275 g/mol. The Morgan fingerprint density at radius 2 is 2.10 bits per heavy atom. The van der Waals surface area contributed by atoms with Crippen LogP contribution in [-0.2, 0) is 4.79 Å². The lowest BCUT2D eigenvalue weighted by atomic mass is 9.97. The summed E-state index contributed by atoms with van der Waals surface area (Å²) in [5.74, 6) is 0.939. The predicted molar refractivity (Wildman–Crippen MR) is 78.4 cm³/mol. The van der Waals surface area contributed by atoms with Gasteiger partial charge in [0.2, 0.25) is 5.91 Å². The van der Waals surface area contributed by atoms with Gasteiger partial charge in [-0.25, -0.2) is 0 Å². The standard InChI is InChI=1S/C16H21NO3/c1-12-11-17(10-9-15(12)18)16(19)8-5-13-3-6-14(20-2)7-4-13/h3-8,12,15,18H,9-11H2,1-2H3/b8-5+. The Balaban J connectivity index is 1.94. The molecule has 0 radical (unpaired) electrons.